The third kappa shape index (κ3) is 9.58. The summed E-state index contributed by atoms with van der Waals surface area (Å²) in [5, 5.41) is 31.3. The summed E-state index contributed by atoms with van der Waals surface area (Å²) in [4.78, 5) is 1.82. The Labute approximate surface area is 343 Å². The number of nitrogens with one attached hydrogen (secondary N) is 2. The van der Waals surface area contributed by atoms with Crippen LogP contribution >= 0.6 is 0 Å². The van der Waals surface area contributed by atoms with Gasteiger partial charge in [-0.2, -0.15) is 13.7 Å². The normalized spacial score (nSPS) is 16.5. The van der Waals surface area contributed by atoms with Crippen LogP contribution in [0.4, 0.5) is 28.4 Å². The first-order chi connectivity index (χ1) is 27.5. The topological polar surface area (TPSA) is 200 Å². The average Bonchev–Trinajstić information content (AvgIpc) is 3.16. The molecule has 58 heavy (non-hydrogen) atoms. The number of morpholine rings is 1. The highest BCUT2D eigenvalue weighted by Gasteiger charge is 2.34. The SMILES string of the molecule is Cc1cc(O)c(NOS(=O)c2cc(N=Nc3cc(S(=O)(=O)N(C(C)C)C(C)C)c(O)c4cccc(NS(C)(=O)=O)c34)ccc2N2CCOCC2)cc1C1CCCCC1. The van der Waals surface area contributed by atoms with Gasteiger partial charge in [0.05, 0.1) is 47.1 Å². The van der Waals surface area contributed by atoms with Gasteiger partial charge >= 0.3 is 0 Å². The number of rotatable bonds is 14. The smallest absolute Gasteiger partial charge is 0.247 e. The first-order valence-corrected chi connectivity index (χ1v) is 23.7. The summed E-state index contributed by atoms with van der Waals surface area (Å²) in [7, 11) is -8.13. The minimum absolute atomic E-state index is 0.0334. The highest BCUT2D eigenvalue weighted by atomic mass is 32.2. The molecule has 1 atom stereocenters. The Bertz CT molecular complexity index is 2420. The molecule has 1 aliphatic heterocycles. The molecule has 2 aliphatic rings. The van der Waals surface area contributed by atoms with Gasteiger partial charge in [-0.15, -0.1) is 5.11 Å². The second-order valence-corrected chi connectivity index (χ2v) is 19.9. The van der Waals surface area contributed by atoms with Gasteiger partial charge in [-0.3, -0.25) is 4.72 Å². The van der Waals surface area contributed by atoms with Gasteiger partial charge in [0, 0.05) is 35.9 Å². The number of aryl methyl sites for hydroxylation is 1. The van der Waals surface area contributed by atoms with E-state index in [4.69, 9.17) is 9.02 Å². The fourth-order valence-corrected chi connectivity index (χ4v) is 11.3. The molecule has 0 amide bonds. The number of phenols is 2. The van der Waals surface area contributed by atoms with Crippen molar-refractivity contribution in [2.45, 2.75) is 94.5 Å². The van der Waals surface area contributed by atoms with E-state index in [1.165, 1.54) is 41.1 Å². The van der Waals surface area contributed by atoms with Crippen molar-refractivity contribution in [2.75, 3.05) is 47.7 Å². The Balaban J connectivity index is 1.41. The molecule has 314 valence electrons. The number of ether oxygens (including phenoxy) is 1. The highest BCUT2D eigenvalue weighted by molar-refractivity contribution is 7.92. The monoisotopic (exact) mass is 856 g/mol. The molecule has 0 radical (unpaired) electrons. The molecule has 0 aromatic heterocycles. The second kappa shape index (κ2) is 17.9. The van der Waals surface area contributed by atoms with E-state index < -0.39 is 53.9 Å². The molecular formula is C40H52N6O9S3. The molecule has 1 saturated carbocycles. The van der Waals surface area contributed by atoms with Crippen molar-refractivity contribution in [3.63, 3.8) is 0 Å². The summed E-state index contributed by atoms with van der Waals surface area (Å²) in [6.07, 6.45) is 6.58. The molecule has 4 aromatic rings. The van der Waals surface area contributed by atoms with Crippen molar-refractivity contribution in [3.05, 3.63) is 65.7 Å². The lowest BCUT2D eigenvalue weighted by Gasteiger charge is -2.30. The number of hydrogen-bond acceptors (Lipinski definition) is 13. The van der Waals surface area contributed by atoms with Crippen LogP contribution in [-0.2, 0) is 40.1 Å². The van der Waals surface area contributed by atoms with Crippen LogP contribution in [0.1, 0.15) is 76.8 Å². The molecule has 1 heterocycles. The molecule has 18 heteroatoms. The van der Waals surface area contributed by atoms with Gasteiger partial charge in [-0.1, -0.05) is 31.4 Å². The lowest BCUT2D eigenvalue weighted by atomic mass is 9.82. The van der Waals surface area contributed by atoms with Gasteiger partial charge in [0.15, 0.2) is 0 Å². The van der Waals surface area contributed by atoms with Crippen molar-refractivity contribution in [3.8, 4) is 11.5 Å². The van der Waals surface area contributed by atoms with Gasteiger partial charge < -0.3 is 19.8 Å². The van der Waals surface area contributed by atoms with Crippen molar-refractivity contribution < 1.29 is 40.3 Å². The fourth-order valence-electron chi connectivity index (χ4n) is 7.90. The summed E-state index contributed by atoms with van der Waals surface area (Å²) >= 11 is -2.15. The molecule has 0 bridgehead atoms. The van der Waals surface area contributed by atoms with E-state index in [9.17, 15) is 31.3 Å². The maximum absolute atomic E-state index is 14.1. The number of anilines is 3. The zero-order valence-corrected chi connectivity index (χ0v) is 36.0. The third-order valence-corrected chi connectivity index (χ3v) is 14.1. The van der Waals surface area contributed by atoms with E-state index in [1.54, 1.807) is 45.9 Å². The predicted molar refractivity (Wildman–Crippen MR) is 227 cm³/mol. The zero-order chi connectivity index (χ0) is 41.9. The van der Waals surface area contributed by atoms with Crippen LogP contribution in [0.25, 0.3) is 10.8 Å². The summed E-state index contributed by atoms with van der Waals surface area (Å²) in [6.45, 7) is 10.8. The van der Waals surface area contributed by atoms with E-state index in [0.717, 1.165) is 43.1 Å². The molecule has 15 nitrogen and oxygen atoms in total. The van der Waals surface area contributed by atoms with Crippen LogP contribution in [-0.4, -0.2) is 80.2 Å². The minimum Gasteiger partial charge on any atom is -0.506 e. The standard InChI is InChI=1S/C40H52N6O9S3/c1-25(2)46(26(3)4)58(52,53)38-24-34(39-30(40(38)48)13-10-14-32(39)44-57(6,50)51)42-41-29-15-16-35(45-17-19-54-20-18-45)37(22-29)56(49)55-43-33-23-31(27(5)21-36(33)47)28-11-8-7-9-12-28/h10,13-16,21-26,28,43-44,47-48H,7-9,11-12,17-20H2,1-6H3. The van der Waals surface area contributed by atoms with Crippen molar-refractivity contribution in [2.24, 2.45) is 10.2 Å². The number of azo groups is 1. The van der Waals surface area contributed by atoms with Gasteiger partial charge in [0.1, 0.15) is 22.1 Å². The number of phenolic OH excluding ortho intramolecular Hbond substituents is 2. The lowest BCUT2D eigenvalue weighted by molar-refractivity contribution is 0.122. The largest absolute Gasteiger partial charge is 0.506 e. The number of nitrogens with zero attached hydrogens (tertiary/aromatic N) is 4. The van der Waals surface area contributed by atoms with Crippen LogP contribution in [0.3, 0.4) is 0 Å². The van der Waals surface area contributed by atoms with Crippen molar-refractivity contribution in [1.29, 1.82) is 0 Å². The molecule has 2 fully saturated rings. The molecule has 1 unspecified atom stereocenters. The number of aromatic hydroxyl groups is 2. The highest BCUT2D eigenvalue weighted by Crippen LogP contribution is 2.45. The van der Waals surface area contributed by atoms with Crippen molar-refractivity contribution in [1.82, 2.24) is 4.31 Å². The first kappa shape index (κ1) is 43.3. The first-order valence-electron chi connectivity index (χ1n) is 19.3. The predicted octanol–water partition coefficient (Wildman–Crippen LogP) is 8.10. The summed E-state index contributed by atoms with van der Waals surface area (Å²) in [5.74, 6) is -0.248. The third-order valence-electron chi connectivity index (χ3n) is 10.4. The van der Waals surface area contributed by atoms with Crippen LogP contribution in [0, 0.1) is 6.92 Å². The van der Waals surface area contributed by atoms with Crippen LogP contribution in [0.2, 0.25) is 0 Å². The summed E-state index contributed by atoms with van der Waals surface area (Å²) in [5.41, 5.74) is 5.93. The van der Waals surface area contributed by atoms with E-state index in [2.05, 4.69) is 20.4 Å². The quantitative estimate of drug-likeness (QED) is 0.0543. The Hall–Kier alpha value is -4.33. The Morgan fingerprint density at radius 2 is 1.60 bits per heavy atom. The Morgan fingerprint density at radius 1 is 0.914 bits per heavy atom. The molecule has 4 aromatic carbocycles. The van der Waals surface area contributed by atoms with Crippen LogP contribution in [0.5, 0.6) is 11.5 Å². The average molecular weight is 857 g/mol. The van der Waals surface area contributed by atoms with E-state index >= 15 is 0 Å². The lowest BCUT2D eigenvalue weighted by Crippen LogP contribution is -2.41. The molecule has 0 spiro atoms. The fraction of sp³-hybridized carbons (Fsp3) is 0.450. The maximum atomic E-state index is 14.1. The van der Waals surface area contributed by atoms with Gasteiger partial charge in [0.2, 0.25) is 31.1 Å². The molecule has 4 N–H and O–H groups in total. The molecule has 1 saturated heterocycles. The van der Waals surface area contributed by atoms with E-state index in [0.29, 0.717) is 43.6 Å². The summed E-state index contributed by atoms with van der Waals surface area (Å²) < 4.78 is 82.1. The van der Waals surface area contributed by atoms with Crippen molar-refractivity contribution >= 4 is 70.3 Å². The number of benzene rings is 4. The van der Waals surface area contributed by atoms with Crippen LogP contribution < -0.4 is 15.1 Å². The van der Waals surface area contributed by atoms with E-state index in [-0.39, 0.29) is 38.5 Å². The molecule has 6 rings (SSSR count). The second-order valence-electron chi connectivity index (χ2n) is 15.3. The number of sulfonamides is 2. The number of hydrogen-bond donors (Lipinski definition) is 4. The summed E-state index contributed by atoms with van der Waals surface area (Å²) in [6, 6.07) is 13.1. The van der Waals surface area contributed by atoms with Gasteiger partial charge in [0.25, 0.3) is 0 Å². The number of fused-ring (bicyclic) bond motifs is 1. The Morgan fingerprint density at radius 3 is 2.26 bits per heavy atom. The Kier molecular flexibility index (Phi) is 13.3. The molecular weight excluding hydrogens is 805 g/mol. The van der Waals surface area contributed by atoms with Gasteiger partial charge in [-0.05, 0) is 107 Å². The minimum atomic E-state index is -4.31. The van der Waals surface area contributed by atoms with E-state index in [1.807, 2.05) is 17.9 Å². The molecule has 1 aliphatic carbocycles. The van der Waals surface area contributed by atoms with Crippen LogP contribution in [0.15, 0.2) is 74.6 Å². The van der Waals surface area contributed by atoms with Gasteiger partial charge in [-0.25, -0.2) is 26.5 Å². The zero-order valence-electron chi connectivity index (χ0n) is 33.6. The maximum Gasteiger partial charge on any atom is 0.247 e.